The number of hydrogen-bond acceptors (Lipinski definition) is 2. The van der Waals surface area contributed by atoms with Crippen molar-refractivity contribution in [2.24, 2.45) is 13.0 Å². The number of para-hydroxylation sites is 2. The largest absolute Gasteiger partial charge is 0.349 e. The van der Waals surface area contributed by atoms with Crippen molar-refractivity contribution in [2.75, 3.05) is 0 Å². The number of hydrogen-bond donors (Lipinski definition) is 1. The molecule has 4 heteroatoms. The molecule has 0 saturated carbocycles. The molecule has 2 aromatic carbocycles. The lowest BCUT2D eigenvalue weighted by atomic mass is 10.0. The van der Waals surface area contributed by atoms with Gasteiger partial charge < -0.3 is 9.88 Å². The van der Waals surface area contributed by atoms with Crippen molar-refractivity contribution in [1.82, 2.24) is 14.9 Å². The van der Waals surface area contributed by atoms with Crippen LogP contribution in [-0.4, -0.2) is 15.5 Å². The minimum Gasteiger partial charge on any atom is -0.349 e. The molecule has 1 heterocycles. The maximum atomic E-state index is 12.7. The van der Waals surface area contributed by atoms with E-state index in [1.165, 1.54) is 0 Å². The summed E-state index contributed by atoms with van der Waals surface area (Å²) in [7, 11) is 2.04. The fraction of sp³-hybridized carbons (Fsp3) is 0.304. The minimum absolute atomic E-state index is 0.0837. The van der Waals surface area contributed by atoms with Crippen molar-refractivity contribution < 1.29 is 4.79 Å². The van der Waals surface area contributed by atoms with Gasteiger partial charge in [0.2, 0.25) is 5.91 Å². The number of imidazole rings is 1. The van der Waals surface area contributed by atoms with E-state index in [-0.39, 0.29) is 11.9 Å². The van der Waals surface area contributed by atoms with Crippen molar-refractivity contribution in [3.05, 3.63) is 78.1 Å². The Morgan fingerprint density at radius 2 is 1.96 bits per heavy atom. The number of aryl methyl sites for hydroxylation is 1. The predicted molar refractivity (Wildman–Crippen MR) is 108 cm³/mol. The van der Waals surface area contributed by atoms with E-state index in [1.807, 2.05) is 43.4 Å². The fourth-order valence-corrected chi connectivity index (χ4v) is 3.85. The molecule has 4 rings (SSSR count). The smallest absolute Gasteiger partial charge is 0.221 e. The van der Waals surface area contributed by atoms with E-state index in [0.717, 1.165) is 35.3 Å². The number of carbonyl (C=O) groups excluding carboxylic acids is 1. The van der Waals surface area contributed by atoms with Crippen LogP contribution in [0.1, 0.15) is 36.7 Å². The van der Waals surface area contributed by atoms with Crippen molar-refractivity contribution in [3.63, 3.8) is 0 Å². The van der Waals surface area contributed by atoms with E-state index in [4.69, 9.17) is 4.98 Å². The van der Waals surface area contributed by atoms with E-state index >= 15 is 0 Å². The number of nitrogens with one attached hydrogen (secondary N) is 1. The highest BCUT2D eigenvalue weighted by Crippen LogP contribution is 2.24. The first-order chi connectivity index (χ1) is 13.2. The van der Waals surface area contributed by atoms with Crippen LogP contribution in [0.3, 0.4) is 0 Å². The second-order valence-electron chi connectivity index (χ2n) is 7.28. The standard InChI is InChI=1S/C23H25N3O/c1-26-21-14-8-7-13-19(21)24-22(26)16-20(18-11-3-2-4-12-18)25-23(27)15-17-9-5-6-10-17/h2-5,7-9,11-14,17,20H,6,10,15-16H2,1H3,(H,25,27)/t17-,20-/m0/s1. The SMILES string of the molecule is Cn1c(C[C@H](NC(=O)C[C@H]2C=CCC2)c2ccccc2)nc2ccccc21. The Bertz CT molecular complexity index is 958. The zero-order valence-corrected chi connectivity index (χ0v) is 15.6. The monoisotopic (exact) mass is 359 g/mol. The molecule has 0 bridgehead atoms. The Labute approximate surface area is 159 Å². The lowest BCUT2D eigenvalue weighted by molar-refractivity contribution is -0.122. The van der Waals surface area contributed by atoms with Crippen LogP contribution in [0.4, 0.5) is 0 Å². The Kier molecular flexibility index (Phi) is 5.05. The molecule has 1 aromatic heterocycles. The average Bonchev–Trinajstić information content (AvgIpc) is 3.30. The molecule has 1 aliphatic rings. The van der Waals surface area contributed by atoms with Gasteiger partial charge in [-0.3, -0.25) is 4.79 Å². The van der Waals surface area contributed by atoms with Gasteiger partial charge in [-0.1, -0.05) is 54.6 Å². The van der Waals surface area contributed by atoms with Crippen LogP contribution in [0, 0.1) is 5.92 Å². The Balaban J connectivity index is 1.56. The summed E-state index contributed by atoms with van der Waals surface area (Å²) >= 11 is 0. The summed E-state index contributed by atoms with van der Waals surface area (Å²) in [6, 6.07) is 18.2. The van der Waals surface area contributed by atoms with Crippen LogP contribution in [0.2, 0.25) is 0 Å². The zero-order chi connectivity index (χ0) is 18.6. The van der Waals surface area contributed by atoms with Gasteiger partial charge in [0, 0.05) is 19.9 Å². The number of benzene rings is 2. The first-order valence-electron chi connectivity index (χ1n) is 9.62. The van der Waals surface area contributed by atoms with Crippen LogP contribution in [0.5, 0.6) is 0 Å². The first kappa shape index (κ1) is 17.5. The number of allylic oxidation sites excluding steroid dienone is 2. The average molecular weight is 359 g/mol. The summed E-state index contributed by atoms with van der Waals surface area (Å²) in [5.41, 5.74) is 3.21. The molecule has 0 spiro atoms. The maximum Gasteiger partial charge on any atom is 0.221 e. The van der Waals surface area contributed by atoms with Gasteiger partial charge in [0.1, 0.15) is 5.82 Å². The highest BCUT2D eigenvalue weighted by molar-refractivity contribution is 5.77. The molecule has 0 unspecified atom stereocenters. The second-order valence-corrected chi connectivity index (χ2v) is 7.28. The van der Waals surface area contributed by atoms with Crippen LogP contribution in [-0.2, 0) is 18.3 Å². The van der Waals surface area contributed by atoms with Crippen LogP contribution in [0.25, 0.3) is 11.0 Å². The summed E-state index contributed by atoms with van der Waals surface area (Å²) < 4.78 is 2.12. The number of fused-ring (bicyclic) bond motifs is 1. The zero-order valence-electron chi connectivity index (χ0n) is 15.6. The predicted octanol–water partition coefficient (Wildman–Crippen LogP) is 4.33. The van der Waals surface area contributed by atoms with Gasteiger partial charge in [-0.2, -0.15) is 0 Å². The maximum absolute atomic E-state index is 12.7. The second kappa shape index (κ2) is 7.78. The number of amides is 1. The lowest BCUT2D eigenvalue weighted by Gasteiger charge is -2.20. The molecule has 0 radical (unpaired) electrons. The van der Waals surface area contributed by atoms with Crippen molar-refractivity contribution in [3.8, 4) is 0 Å². The highest BCUT2D eigenvalue weighted by atomic mass is 16.1. The molecule has 1 N–H and O–H groups in total. The Morgan fingerprint density at radius 3 is 2.70 bits per heavy atom. The van der Waals surface area contributed by atoms with Gasteiger partial charge >= 0.3 is 0 Å². The molecule has 0 fully saturated rings. The molecule has 1 aliphatic carbocycles. The molecule has 4 nitrogen and oxygen atoms in total. The molecule has 27 heavy (non-hydrogen) atoms. The van der Waals surface area contributed by atoms with Crippen LogP contribution in [0.15, 0.2) is 66.7 Å². The third kappa shape index (κ3) is 3.95. The molecule has 1 amide bonds. The lowest BCUT2D eigenvalue weighted by Crippen LogP contribution is -2.31. The number of aromatic nitrogens is 2. The summed E-state index contributed by atoms with van der Waals surface area (Å²) in [5.74, 6) is 1.46. The van der Waals surface area contributed by atoms with E-state index < -0.39 is 0 Å². The van der Waals surface area contributed by atoms with Crippen molar-refractivity contribution in [2.45, 2.75) is 31.7 Å². The topological polar surface area (TPSA) is 46.9 Å². The van der Waals surface area contributed by atoms with E-state index in [1.54, 1.807) is 0 Å². The highest BCUT2D eigenvalue weighted by Gasteiger charge is 2.21. The van der Waals surface area contributed by atoms with Gasteiger partial charge in [0.15, 0.2) is 0 Å². The molecular formula is C23H25N3O. The van der Waals surface area contributed by atoms with E-state index in [9.17, 15) is 4.79 Å². The summed E-state index contributed by atoms with van der Waals surface area (Å²) in [6.45, 7) is 0. The normalized spacial score (nSPS) is 17.3. The quantitative estimate of drug-likeness (QED) is 0.666. The molecular weight excluding hydrogens is 334 g/mol. The Morgan fingerprint density at radius 1 is 1.19 bits per heavy atom. The van der Waals surface area contributed by atoms with E-state index in [0.29, 0.717) is 18.8 Å². The number of rotatable bonds is 6. The summed E-state index contributed by atoms with van der Waals surface area (Å²) in [6.07, 6.45) is 7.73. The van der Waals surface area contributed by atoms with Crippen LogP contribution < -0.4 is 5.32 Å². The van der Waals surface area contributed by atoms with Gasteiger partial charge in [0.25, 0.3) is 0 Å². The number of nitrogens with zero attached hydrogens (tertiary/aromatic N) is 2. The molecule has 138 valence electrons. The molecule has 0 aliphatic heterocycles. The first-order valence-corrected chi connectivity index (χ1v) is 9.62. The number of carbonyl (C=O) groups is 1. The van der Waals surface area contributed by atoms with Crippen LogP contribution >= 0.6 is 0 Å². The summed E-state index contributed by atoms with van der Waals surface area (Å²) in [5, 5.41) is 3.25. The molecule has 0 saturated heterocycles. The van der Waals surface area contributed by atoms with Crippen molar-refractivity contribution in [1.29, 1.82) is 0 Å². The van der Waals surface area contributed by atoms with Gasteiger partial charge in [-0.25, -0.2) is 4.98 Å². The third-order valence-corrected chi connectivity index (χ3v) is 5.36. The Hall–Kier alpha value is -2.88. The van der Waals surface area contributed by atoms with Crippen molar-refractivity contribution >= 4 is 16.9 Å². The summed E-state index contributed by atoms with van der Waals surface area (Å²) in [4.78, 5) is 17.4. The fourth-order valence-electron chi connectivity index (χ4n) is 3.85. The molecule has 2 atom stereocenters. The van der Waals surface area contributed by atoms with Gasteiger partial charge in [-0.05, 0) is 36.5 Å². The third-order valence-electron chi connectivity index (χ3n) is 5.36. The van der Waals surface area contributed by atoms with Gasteiger partial charge in [0.05, 0.1) is 17.1 Å². The molecule has 3 aromatic rings. The minimum atomic E-state index is -0.0837. The van der Waals surface area contributed by atoms with E-state index in [2.05, 4.69) is 40.2 Å². The van der Waals surface area contributed by atoms with Gasteiger partial charge in [-0.15, -0.1) is 0 Å².